The Labute approximate surface area is 196 Å². The van der Waals surface area contributed by atoms with Crippen LogP contribution in [-0.4, -0.2) is 60.4 Å². The molecule has 0 radical (unpaired) electrons. The molecule has 3 rings (SSSR count). The lowest BCUT2D eigenvalue weighted by molar-refractivity contribution is -0.139. The SMILES string of the molecule is C=CCOc1ccc(/C(O)=C2\C(=O)C(=O)N(CCCN(C)C)[C@H]2c2cccc(Br)c2)cc1. The zero-order valence-electron chi connectivity index (χ0n) is 18.3. The number of carbonyl (C=O) groups excluding carboxylic acids is 2. The van der Waals surface area contributed by atoms with Crippen molar-refractivity contribution in [2.24, 2.45) is 0 Å². The van der Waals surface area contributed by atoms with Crippen LogP contribution in [-0.2, 0) is 9.59 Å². The van der Waals surface area contributed by atoms with Gasteiger partial charge in [0, 0.05) is 16.6 Å². The van der Waals surface area contributed by atoms with Crippen molar-refractivity contribution in [3.05, 3.63) is 82.4 Å². The lowest BCUT2D eigenvalue weighted by atomic mass is 9.95. The predicted molar refractivity (Wildman–Crippen MR) is 128 cm³/mol. The van der Waals surface area contributed by atoms with E-state index in [1.165, 1.54) is 0 Å². The van der Waals surface area contributed by atoms with Gasteiger partial charge in [-0.25, -0.2) is 0 Å². The number of nitrogens with zero attached hydrogens (tertiary/aromatic N) is 2. The maximum absolute atomic E-state index is 13.0. The van der Waals surface area contributed by atoms with Crippen molar-refractivity contribution >= 4 is 33.4 Å². The van der Waals surface area contributed by atoms with Gasteiger partial charge in [-0.05, 0) is 69.0 Å². The number of halogens is 1. The average molecular weight is 499 g/mol. The lowest BCUT2D eigenvalue weighted by Crippen LogP contribution is -2.32. The molecule has 32 heavy (non-hydrogen) atoms. The number of hydrogen-bond acceptors (Lipinski definition) is 5. The molecule has 0 saturated carbocycles. The third-order valence-corrected chi connectivity index (χ3v) is 5.70. The number of likely N-dealkylation sites (tertiary alicyclic amines) is 1. The standard InChI is InChI=1S/C25H27BrN2O4/c1-4-15-32-20-11-9-17(10-12-20)23(29)21-22(18-7-5-8-19(26)16-18)28(25(31)24(21)30)14-6-13-27(2)3/h4-5,7-12,16,22,29H,1,6,13-15H2,2-3H3/b23-21+/t22-/m0/s1. The lowest BCUT2D eigenvalue weighted by Gasteiger charge is -2.26. The summed E-state index contributed by atoms with van der Waals surface area (Å²) >= 11 is 3.47. The first kappa shape index (κ1) is 23.8. The van der Waals surface area contributed by atoms with Crippen molar-refractivity contribution in [2.75, 3.05) is 33.8 Å². The fourth-order valence-electron chi connectivity index (χ4n) is 3.71. The highest BCUT2D eigenvalue weighted by atomic mass is 79.9. The highest BCUT2D eigenvalue weighted by Crippen LogP contribution is 2.40. The van der Waals surface area contributed by atoms with Crippen LogP contribution < -0.4 is 4.74 Å². The maximum atomic E-state index is 13.0. The molecular weight excluding hydrogens is 472 g/mol. The smallest absolute Gasteiger partial charge is 0.295 e. The van der Waals surface area contributed by atoms with E-state index in [0.717, 1.165) is 16.6 Å². The Bertz CT molecular complexity index is 1030. The Kier molecular flexibility index (Phi) is 7.88. The van der Waals surface area contributed by atoms with Crippen LogP contribution in [0.3, 0.4) is 0 Å². The van der Waals surface area contributed by atoms with Gasteiger partial charge in [0.2, 0.25) is 0 Å². The van der Waals surface area contributed by atoms with Crippen LogP contribution in [0.2, 0.25) is 0 Å². The molecule has 0 bridgehead atoms. The number of rotatable bonds is 9. The third-order valence-electron chi connectivity index (χ3n) is 5.20. The van der Waals surface area contributed by atoms with E-state index in [2.05, 4.69) is 22.5 Å². The first-order valence-corrected chi connectivity index (χ1v) is 11.2. The fraction of sp³-hybridized carbons (Fsp3) is 0.280. The largest absolute Gasteiger partial charge is 0.507 e. The minimum absolute atomic E-state index is 0.0951. The molecule has 2 aromatic rings. The normalized spacial score (nSPS) is 17.8. The fourth-order valence-corrected chi connectivity index (χ4v) is 4.13. The van der Waals surface area contributed by atoms with Crippen LogP contribution in [0.25, 0.3) is 5.76 Å². The maximum Gasteiger partial charge on any atom is 0.295 e. The number of aliphatic hydroxyl groups excluding tert-OH is 1. The molecule has 1 amide bonds. The number of aliphatic hydroxyl groups is 1. The molecule has 1 N–H and O–H groups in total. The molecule has 168 valence electrons. The molecule has 0 spiro atoms. The van der Waals surface area contributed by atoms with Gasteiger partial charge in [0.15, 0.2) is 0 Å². The molecule has 1 fully saturated rings. The topological polar surface area (TPSA) is 70.1 Å². The molecule has 1 heterocycles. The van der Waals surface area contributed by atoms with Crippen molar-refractivity contribution in [3.63, 3.8) is 0 Å². The zero-order valence-corrected chi connectivity index (χ0v) is 19.8. The molecule has 1 saturated heterocycles. The zero-order chi connectivity index (χ0) is 23.3. The van der Waals surface area contributed by atoms with Gasteiger partial charge in [0.1, 0.15) is 18.1 Å². The highest BCUT2D eigenvalue weighted by Gasteiger charge is 2.45. The van der Waals surface area contributed by atoms with E-state index in [-0.39, 0.29) is 11.3 Å². The second-order valence-electron chi connectivity index (χ2n) is 7.83. The van der Waals surface area contributed by atoms with Crippen LogP contribution in [0.5, 0.6) is 5.75 Å². The quantitative estimate of drug-likeness (QED) is 0.240. The van der Waals surface area contributed by atoms with E-state index in [9.17, 15) is 14.7 Å². The van der Waals surface area contributed by atoms with Gasteiger partial charge in [-0.15, -0.1) is 0 Å². The predicted octanol–water partition coefficient (Wildman–Crippen LogP) is 4.39. The van der Waals surface area contributed by atoms with E-state index in [1.54, 1.807) is 35.2 Å². The molecule has 1 atom stereocenters. The summed E-state index contributed by atoms with van der Waals surface area (Å²) in [6, 6.07) is 13.6. The summed E-state index contributed by atoms with van der Waals surface area (Å²) in [5.74, 6) is -0.849. The monoisotopic (exact) mass is 498 g/mol. The van der Waals surface area contributed by atoms with E-state index in [0.29, 0.717) is 30.9 Å². The summed E-state index contributed by atoms with van der Waals surface area (Å²) in [4.78, 5) is 29.6. The van der Waals surface area contributed by atoms with Gasteiger partial charge < -0.3 is 19.6 Å². The molecule has 0 aromatic heterocycles. The molecule has 0 aliphatic carbocycles. The van der Waals surface area contributed by atoms with Crippen LogP contribution >= 0.6 is 15.9 Å². The van der Waals surface area contributed by atoms with Crippen LogP contribution in [0, 0.1) is 0 Å². The van der Waals surface area contributed by atoms with E-state index in [1.807, 2.05) is 43.3 Å². The van der Waals surface area contributed by atoms with Gasteiger partial charge in [0.05, 0.1) is 11.6 Å². The Morgan fingerprint density at radius 3 is 2.56 bits per heavy atom. The molecule has 6 nitrogen and oxygen atoms in total. The van der Waals surface area contributed by atoms with Crippen LogP contribution in [0.1, 0.15) is 23.6 Å². The van der Waals surface area contributed by atoms with Crippen molar-refractivity contribution in [1.29, 1.82) is 0 Å². The van der Waals surface area contributed by atoms with Gasteiger partial charge in [0.25, 0.3) is 11.7 Å². The molecule has 7 heteroatoms. The summed E-state index contributed by atoms with van der Waals surface area (Å²) in [5.41, 5.74) is 1.30. The Morgan fingerprint density at radius 2 is 1.94 bits per heavy atom. The third kappa shape index (κ3) is 5.29. The molecule has 1 aliphatic rings. The van der Waals surface area contributed by atoms with Crippen molar-refractivity contribution in [3.8, 4) is 5.75 Å². The highest BCUT2D eigenvalue weighted by molar-refractivity contribution is 9.10. The van der Waals surface area contributed by atoms with Gasteiger partial charge >= 0.3 is 0 Å². The molecule has 1 aliphatic heterocycles. The summed E-state index contributed by atoms with van der Waals surface area (Å²) < 4.78 is 6.31. The van der Waals surface area contributed by atoms with Gasteiger partial charge in [-0.2, -0.15) is 0 Å². The second kappa shape index (κ2) is 10.6. The molecule has 2 aromatic carbocycles. The summed E-state index contributed by atoms with van der Waals surface area (Å²) in [6.45, 7) is 5.17. The van der Waals surface area contributed by atoms with Crippen molar-refractivity contribution in [1.82, 2.24) is 9.80 Å². The van der Waals surface area contributed by atoms with E-state index < -0.39 is 17.7 Å². The van der Waals surface area contributed by atoms with Crippen molar-refractivity contribution in [2.45, 2.75) is 12.5 Å². The Hall–Kier alpha value is -2.90. The first-order valence-electron chi connectivity index (χ1n) is 10.4. The number of hydrogen-bond donors (Lipinski definition) is 1. The summed E-state index contributed by atoms with van der Waals surface area (Å²) in [6.07, 6.45) is 2.35. The van der Waals surface area contributed by atoms with Gasteiger partial charge in [-0.3, -0.25) is 9.59 Å². The number of ether oxygens (including phenoxy) is 1. The molecular formula is C25H27BrN2O4. The number of amides is 1. The van der Waals surface area contributed by atoms with Crippen LogP contribution in [0.15, 0.2) is 71.2 Å². The first-order chi connectivity index (χ1) is 15.3. The van der Waals surface area contributed by atoms with E-state index >= 15 is 0 Å². The van der Waals surface area contributed by atoms with Gasteiger partial charge in [-0.1, -0.05) is 40.7 Å². The summed E-state index contributed by atoms with van der Waals surface area (Å²) in [7, 11) is 3.92. The Morgan fingerprint density at radius 1 is 1.22 bits per heavy atom. The molecule has 0 unspecified atom stereocenters. The minimum Gasteiger partial charge on any atom is -0.507 e. The number of Topliss-reactive ketones (excluding diaryl/α,β-unsaturated/α-hetero) is 1. The number of ketones is 1. The summed E-state index contributed by atoms with van der Waals surface area (Å²) in [5, 5.41) is 11.1. The number of carbonyl (C=O) groups is 2. The van der Waals surface area contributed by atoms with E-state index in [4.69, 9.17) is 4.74 Å². The van der Waals surface area contributed by atoms with Crippen molar-refractivity contribution < 1.29 is 19.4 Å². The average Bonchev–Trinajstić information content (AvgIpc) is 3.02. The second-order valence-corrected chi connectivity index (χ2v) is 8.74. The van der Waals surface area contributed by atoms with Crippen LogP contribution in [0.4, 0.5) is 0 Å². The number of benzene rings is 2. The Balaban J connectivity index is 2.03. The minimum atomic E-state index is -0.677.